The van der Waals surface area contributed by atoms with E-state index < -0.39 is 23.8 Å². The lowest BCUT2D eigenvalue weighted by atomic mass is 10.0. The number of alkyl carbamates (subject to hydrolysis) is 1. The van der Waals surface area contributed by atoms with Gasteiger partial charge in [0.2, 0.25) is 0 Å². The van der Waals surface area contributed by atoms with E-state index in [2.05, 4.69) is 5.32 Å². The van der Waals surface area contributed by atoms with Crippen LogP contribution in [0.5, 0.6) is 0 Å². The highest BCUT2D eigenvalue weighted by atomic mass is 16.6. The predicted molar refractivity (Wildman–Crippen MR) is 99.6 cm³/mol. The van der Waals surface area contributed by atoms with Crippen molar-refractivity contribution in [3.8, 4) is 0 Å². The van der Waals surface area contributed by atoms with Crippen LogP contribution in [0.25, 0.3) is 0 Å². The summed E-state index contributed by atoms with van der Waals surface area (Å²) < 4.78 is 11.1. The van der Waals surface area contributed by atoms with E-state index in [4.69, 9.17) is 9.47 Å². The summed E-state index contributed by atoms with van der Waals surface area (Å²) >= 11 is 0. The van der Waals surface area contributed by atoms with Crippen LogP contribution in [-0.2, 0) is 20.9 Å². The Labute approximate surface area is 154 Å². The van der Waals surface area contributed by atoms with Crippen molar-refractivity contribution in [3.05, 3.63) is 71.8 Å². The summed E-state index contributed by atoms with van der Waals surface area (Å²) in [6, 6.07) is 18.1. The number of ether oxygens (including phenoxy) is 2. The molecule has 0 heterocycles. The molecular formula is C21H25NO4. The maximum atomic E-state index is 12.2. The predicted octanol–water partition coefficient (Wildman–Crippen LogP) is 4.04. The van der Waals surface area contributed by atoms with Crippen LogP contribution in [-0.4, -0.2) is 24.1 Å². The second kappa shape index (κ2) is 9.15. The largest absolute Gasteiger partial charge is 0.444 e. The zero-order chi connectivity index (χ0) is 19.0. The highest BCUT2D eigenvalue weighted by Crippen LogP contribution is 2.20. The van der Waals surface area contributed by atoms with Crippen molar-refractivity contribution in [2.45, 2.75) is 45.1 Å². The number of amides is 1. The monoisotopic (exact) mass is 355 g/mol. The van der Waals surface area contributed by atoms with Gasteiger partial charge in [0.1, 0.15) is 11.7 Å². The number of hydrogen-bond donors (Lipinski definition) is 1. The lowest BCUT2D eigenvalue weighted by Gasteiger charge is -2.27. The average molecular weight is 355 g/mol. The van der Waals surface area contributed by atoms with Crippen molar-refractivity contribution < 1.29 is 19.1 Å². The summed E-state index contributed by atoms with van der Waals surface area (Å²) in [5.74, 6) is 0. The van der Waals surface area contributed by atoms with Crippen LogP contribution in [0.1, 0.15) is 37.9 Å². The van der Waals surface area contributed by atoms with Crippen molar-refractivity contribution >= 4 is 12.4 Å². The first kappa shape index (κ1) is 19.7. The van der Waals surface area contributed by atoms with E-state index in [0.29, 0.717) is 6.29 Å². The van der Waals surface area contributed by atoms with Gasteiger partial charge in [-0.25, -0.2) is 4.79 Å². The fourth-order valence-electron chi connectivity index (χ4n) is 2.43. The molecule has 0 unspecified atom stereocenters. The molecule has 0 radical (unpaired) electrons. The molecule has 0 aliphatic heterocycles. The van der Waals surface area contributed by atoms with E-state index in [1.165, 1.54) is 0 Å². The molecule has 26 heavy (non-hydrogen) atoms. The molecular weight excluding hydrogens is 330 g/mol. The normalized spacial score (nSPS) is 13.5. The van der Waals surface area contributed by atoms with Crippen LogP contribution in [0.15, 0.2) is 60.7 Å². The Morgan fingerprint density at radius 1 is 1.04 bits per heavy atom. The average Bonchev–Trinajstić information content (AvgIpc) is 2.61. The SMILES string of the molecule is CC(C)(C)OC(=O)N[C@@H](c1ccccc1)[C@H](C=O)OCc1ccccc1. The Morgan fingerprint density at radius 3 is 2.15 bits per heavy atom. The highest BCUT2D eigenvalue weighted by Gasteiger charge is 2.27. The Bertz CT molecular complexity index is 695. The van der Waals surface area contributed by atoms with Gasteiger partial charge < -0.3 is 19.6 Å². The Kier molecular flexibility index (Phi) is 6.92. The van der Waals surface area contributed by atoms with E-state index in [0.717, 1.165) is 11.1 Å². The van der Waals surface area contributed by atoms with Crippen molar-refractivity contribution in [2.24, 2.45) is 0 Å². The van der Waals surface area contributed by atoms with Crippen molar-refractivity contribution in [1.29, 1.82) is 0 Å². The van der Waals surface area contributed by atoms with Gasteiger partial charge in [-0.3, -0.25) is 0 Å². The molecule has 5 heteroatoms. The molecule has 0 aliphatic rings. The number of carbonyl (C=O) groups excluding carboxylic acids is 2. The molecule has 0 spiro atoms. The minimum absolute atomic E-state index is 0.267. The third-order valence-corrected chi connectivity index (χ3v) is 3.58. The van der Waals surface area contributed by atoms with Gasteiger partial charge in [-0.15, -0.1) is 0 Å². The van der Waals surface area contributed by atoms with Crippen LogP contribution in [0.4, 0.5) is 4.79 Å². The van der Waals surface area contributed by atoms with Crippen LogP contribution in [0, 0.1) is 0 Å². The van der Waals surface area contributed by atoms with Gasteiger partial charge in [-0.05, 0) is 31.9 Å². The van der Waals surface area contributed by atoms with E-state index in [1.54, 1.807) is 20.8 Å². The zero-order valence-electron chi connectivity index (χ0n) is 15.3. The van der Waals surface area contributed by atoms with Crippen LogP contribution >= 0.6 is 0 Å². The molecule has 0 saturated carbocycles. The first-order valence-electron chi connectivity index (χ1n) is 8.54. The molecule has 0 bridgehead atoms. The molecule has 5 nitrogen and oxygen atoms in total. The van der Waals surface area contributed by atoms with Gasteiger partial charge in [-0.1, -0.05) is 60.7 Å². The number of carbonyl (C=O) groups is 2. The summed E-state index contributed by atoms with van der Waals surface area (Å²) in [6.07, 6.45) is -0.732. The minimum atomic E-state index is -0.842. The summed E-state index contributed by atoms with van der Waals surface area (Å²) in [5.41, 5.74) is 1.08. The molecule has 2 aromatic carbocycles. The maximum Gasteiger partial charge on any atom is 0.408 e. The van der Waals surface area contributed by atoms with Gasteiger partial charge in [-0.2, -0.15) is 0 Å². The topological polar surface area (TPSA) is 64.6 Å². The minimum Gasteiger partial charge on any atom is -0.444 e. The fourth-order valence-corrected chi connectivity index (χ4v) is 2.43. The van der Waals surface area contributed by atoms with Gasteiger partial charge in [0.15, 0.2) is 6.29 Å². The van der Waals surface area contributed by atoms with Crippen molar-refractivity contribution in [1.82, 2.24) is 5.32 Å². The number of nitrogens with one attached hydrogen (secondary N) is 1. The van der Waals surface area contributed by atoms with Crippen LogP contribution in [0.3, 0.4) is 0 Å². The number of rotatable bonds is 7. The number of benzene rings is 2. The van der Waals surface area contributed by atoms with E-state index >= 15 is 0 Å². The maximum absolute atomic E-state index is 12.2. The molecule has 1 amide bonds. The standard InChI is InChI=1S/C21H25NO4/c1-21(2,3)26-20(24)22-19(17-12-8-5-9-13-17)18(14-23)25-15-16-10-6-4-7-11-16/h4-14,18-19H,15H2,1-3H3,(H,22,24)/t18-,19-/m0/s1. The third kappa shape index (κ3) is 6.33. The molecule has 0 saturated heterocycles. The lowest BCUT2D eigenvalue weighted by molar-refractivity contribution is -0.120. The lowest BCUT2D eigenvalue weighted by Crippen LogP contribution is -2.41. The molecule has 0 aromatic heterocycles. The summed E-state index contributed by atoms with van der Waals surface area (Å²) in [5, 5.41) is 2.76. The second-order valence-electron chi connectivity index (χ2n) is 6.93. The summed E-state index contributed by atoms with van der Waals surface area (Å²) in [7, 11) is 0. The highest BCUT2D eigenvalue weighted by molar-refractivity contribution is 5.70. The van der Waals surface area contributed by atoms with Gasteiger partial charge in [0, 0.05) is 0 Å². The smallest absolute Gasteiger partial charge is 0.408 e. The summed E-state index contributed by atoms with van der Waals surface area (Å²) in [4.78, 5) is 23.9. The van der Waals surface area contributed by atoms with Gasteiger partial charge >= 0.3 is 6.09 Å². The second-order valence-corrected chi connectivity index (χ2v) is 6.93. The first-order valence-corrected chi connectivity index (χ1v) is 8.54. The Balaban J connectivity index is 2.15. The molecule has 2 rings (SSSR count). The number of hydrogen-bond acceptors (Lipinski definition) is 4. The van der Waals surface area contributed by atoms with E-state index in [-0.39, 0.29) is 6.61 Å². The zero-order valence-corrected chi connectivity index (χ0v) is 15.3. The van der Waals surface area contributed by atoms with Crippen molar-refractivity contribution in [3.63, 3.8) is 0 Å². The van der Waals surface area contributed by atoms with Crippen LogP contribution < -0.4 is 5.32 Å². The van der Waals surface area contributed by atoms with Gasteiger partial charge in [0.25, 0.3) is 0 Å². The Morgan fingerprint density at radius 2 is 1.62 bits per heavy atom. The first-order chi connectivity index (χ1) is 12.4. The Hall–Kier alpha value is -2.66. The quantitative estimate of drug-likeness (QED) is 0.762. The van der Waals surface area contributed by atoms with Crippen LogP contribution in [0.2, 0.25) is 0 Å². The fraction of sp³-hybridized carbons (Fsp3) is 0.333. The third-order valence-electron chi connectivity index (χ3n) is 3.58. The van der Waals surface area contributed by atoms with E-state index in [1.807, 2.05) is 60.7 Å². The summed E-state index contributed by atoms with van der Waals surface area (Å²) in [6.45, 7) is 5.62. The molecule has 138 valence electrons. The number of aldehydes is 1. The van der Waals surface area contributed by atoms with Crippen molar-refractivity contribution in [2.75, 3.05) is 0 Å². The van der Waals surface area contributed by atoms with E-state index in [9.17, 15) is 9.59 Å². The molecule has 0 fully saturated rings. The van der Waals surface area contributed by atoms with Gasteiger partial charge in [0.05, 0.1) is 12.6 Å². The molecule has 2 atom stereocenters. The molecule has 0 aliphatic carbocycles. The molecule has 1 N–H and O–H groups in total. The molecule has 2 aromatic rings.